The van der Waals surface area contributed by atoms with Crippen molar-refractivity contribution in [2.45, 2.75) is 11.5 Å². The molecule has 0 bridgehead atoms. The predicted molar refractivity (Wildman–Crippen MR) is 89.9 cm³/mol. The van der Waals surface area contributed by atoms with Gasteiger partial charge in [-0.05, 0) is 24.5 Å². The lowest BCUT2D eigenvalue weighted by Crippen LogP contribution is -2.13. The minimum absolute atomic E-state index is 0.337. The van der Waals surface area contributed by atoms with E-state index < -0.39 is 0 Å². The molecule has 0 radical (unpaired) electrons. The minimum atomic E-state index is 0.337. The Kier molecular flexibility index (Phi) is 5.29. The molecule has 2 rings (SSSR count). The fraction of sp³-hybridized carbons (Fsp3) is 0.133. The SMILES string of the molecule is CSc1cccc(OCc2ccccc2Cl)c1C(N)=S. The van der Waals surface area contributed by atoms with Crippen LogP contribution in [0.5, 0.6) is 5.75 Å². The third-order valence-electron chi connectivity index (χ3n) is 2.80. The molecular weight excluding hydrogens is 310 g/mol. The molecule has 2 aromatic rings. The molecule has 0 unspecified atom stereocenters. The van der Waals surface area contributed by atoms with E-state index in [4.69, 9.17) is 34.3 Å². The second-order valence-corrected chi connectivity index (χ2v) is 5.77. The molecule has 0 saturated heterocycles. The molecule has 0 aliphatic rings. The number of rotatable bonds is 5. The van der Waals surface area contributed by atoms with Gasteiger partial charge in [0.1, 0.15) is 17.3 Å². The van der Waals surface area contributed by atoms with Gasteiger partial charge < -0.3 is 10.5 Å². The van der Waals surface area contributed by atoms with Crippen LogP contribution in [0.3, 0.4) is 0 Å². The second-order valence-electron chi connectivity index (χ2n) is 4.08. The summed E-state index contributed by atoms with van der Waals surface area (Å²) in [7, 11) is 0. The second kappa shape index (κ2) is 6.97. The van der Waals surface area contributed by atoms with Crippen LogP contribution in [0.15, 0.2) is 47.4 Å². The minimum Gasteiger partial charge on any atom is -0.488 e. The topological polar surface area (TPSA) is 35.2 Å². The molecule has 0 aliphatic carbocycles. The number of ether oxygens (including phenoxy) is 1. The van der Waals surface area contributed by atoms with Crippen LogP contribution in [-0.4, -0.2) is 11.2 Å². The van der Waals surface area contributed by atoms with Crippen LogP contribution in [0.1, 0.15) is 11.1 Å². The summed E-state index contributed by atoms with van der Waals surface area (Å²) in [5.74, 6) is 0.685. The third kappa shape index (κ3) is 3.45. The van der Waals surface area contributed by atoms with Crippen molar-refractivity contribution in [2.24, 2.45) is 5.73 Å². The van der Waals surface area contributed by atoms with Crippen LogP contribution in [0.2, 0.25) is 5.02 Å². The number of thioether (sulfide) groups is 1. The standard InChI is InChI=1S/C15H14ClNOS2/c1-20-13-8-4-7-12(14(13)15(17)19)18-9-10-5-2-3-6-11(10)16/h2-8H,9H2,1H3,(H2,17,19). The summed E-state index contributed by atoms with van der Waals surface area (Å²) in [6.45, 7) is 0.382. The van der Waals surface area contributed by atoms with Crippen LogP contribution < -0.4 is 10.5 Å². The van der Waals surface area contributed by atoms with Gasteiger partial charge in [-0.15, -0.1) is 11.8 Å². The zero-order valence-electron chi connectivity index (χ0n) is 10.9. The van der Waals surface area contributed by atoms with Gasteiger partial charge in [0, 0.05) is 15.5 Å². The summed E-state index contributed by atoms with van der Waals surface area (Å²) >= 11 is 12.8. The lowest BCUT2D eigenvalue weighted by atomic mass is 10.2. The fourth-order valence-electron chi connectivity index (χ4n) is 1.82. The average molecular weight is 324 g/mol. The highest BCUT2D eigenvalue weighted by Gasteiger charge is 2.12. The van der Waals surface area contributed by atoms with Gasteiger partial charge >= 0.3 is 0 Å². The summed E-state index contributed by atoms with van der Waals surface area (Å²) in [6.07, 6.45) is 1.98. The first kappa shape index (κ1) is 15.2. The number of benzene rings is 2. The lowest BCUT2D eigenvalue weighted by molar-refractivity contribution is 0.305. The molecule has 2 aromatic carbocycles. The van der Waals surface area contributed by atoms with Crippen LogP contribution in [0.4, 0.5) is 0 Å². The van der Waals surface area contributed by atoms with E-state index >= 15 is 0 Å². The summed E-state index contributed by atoms with van der Waals surface area (Å²) in [5, 5.41) is 0.686. The van der Waals surface area contributed by atoms with Crippen LogP contribution in [0.25, 0.3) is 0 Å². The molecule has 0 atom stereocenters. The molecule has 0 saturated carbocycles. The quantitative estimate of drug-likeness (QED) is 0.658. The van der Waals surface area contributed by atoms with Crippen molar-refractivity contribution in [3.63, 3.8) is 0 Å². The van der Waals surface area contributed by atoms with E-state index in [1.807, 2.05) is 48.7 Å². The molecule has 104 valence electrons. The Morgan fingerprint density at radius 1 is 1.25 bits per heavy atom. The van der Waals surface area contributed by atoms with Crippen molar-refractivity contribution in [1.82, 2.24) is 0 Å². The predicted octanol–water partition coefficient (Wildman–Crippen LogP) is 4.28. The fourth-order valence-corrected chi connectivity index (χ4v) is 2.91. The molecule has 2 nitrogen and oxygen atoms in total. The van der Waals surface area contributed by atoms with Gasteiger partial charge in [0.25, 0.3) is 0 Å². The van der Waals surface area contributed by atoms with Crippen molar-refractivity contribution < 1.29 is 4.74 Å². The van der Waals surface area contributed by atoms with Crippen LogP contribution in [0, 0.1) is 0 Å². The van der Waals surface area contributed by atoms with Gasteiger partial charge in [0.05, 0.1) is 5.56 Å². The summed E-state index contributed by atoms with van der Waals surface area (Å²) in [6, 6.07) is 13.4. The van der Waals surface area contributed by atoms with E-state index in [0.29, 0.717) is 22.4 Å². The van der Waals surface area contributed by atoms with E-state index in [9.17, 15) is 0 Å². The molecule has 0 heterocycles. The van der Waals surface area contributed by atoms with Crippen molar-refractivity contribution >= 4 is 40.6 Å². The summed E-state index contributed by atoms with van der Waals surface area (Å²) in [4.78, 5) is 1.35. The molecule has 2 N–H and O–H groups in total. The number of hydrogen-bond acceptors (Lipinski definition) is 3. The van der Waals surface area contributed by atoms with Crippen molar-refractivity contribution in [2.75, 3.05) is 6.26 Å². The van der Waals surface area contributed by atoms with E-state index in [-0.39, 0.29) is 0 Å². The van der Waals surface area contributed by atoms with Gasteiger partial charge in [-0.1, -0.05) is 48.1 Å². The Morgan fingerprint density at radius 3 is 2.65 bits per heavy atom. The first-order valence-corrected chi connectivity index (χ1v) is 7.97. The smallest absolute Gasteiger partial charge is 0.131 e. The largest absolute Gasteiger partial charge is 0.488 e. The average Bonchev–Trinajstić information content (AvgIpc) is 2.45. The molecule has 0 aliphatic heterocycles. The van der Waals surface area contributed by atoms with Gasteiger partial charge in [0.15, 0.2) is 0 Å². The number of nitrogens with two attached hydrogens (primary N) is 1. The summed E-state index contributed by atoms with van der Waals surface area (Å²) in [5.41, 5.74) is 7.51. The molecular formula is C15H14ClNOS2. The Morgan fingerprint density at radius 2 is 2.00 bits per heavy atom. The van der Waals surface area contributed by atoms with Crippen LogP contribution >= 0.6 is 35.6 Å². The number of hydrogen-bond donors (Lipinski definition) is 1. The normalized spacial score (nSPS) is 10.3. The third-order valence-corrected chi connectivity index (χ3v) is 4.15. The Balaban J connectivity index is 2.26. The van der Waals surface area contributed by atoms with Gasteiger partial charge in [0.2, 0.25) is 0 Å². The van der Waals surface area contributed by atoms with E-state index in [1.54, 1.807) is 11.8 Å². The lowest BCUT2D eigenvalue weighted by Gasteiger charge is -2.14. The highest BCUT2D eigenvalue weighted by atomic mass is 35.5. The van der Waals surface area contributed by atoms with E-state index in [0.717, 1.165) is 16.0 Å². The van der Waals surface area contributed by atoms with Crippen molar-refractivity contribution in [1.29, 1.82) is 0 Å². The van der Waals surface area contributed by atoms with Gasteiger partial charge in [-0.3, -0.25) is 0 Å². The maximum Gasteiger partial charge on any atom is 0.131 e. The Bertz CT molecular complexity index is 631. The van der Waals surface area contributed by atoms with E-state index in [1.165, 1.54) is 0 Å². The zero-order valence-corrected chi connectivity index (χ0v) is 13.3. The first-order valence-electron chi connectivity index (χ1n) is 5.96. The molecule has 0 aromatic heterocycles. The van der Waals surface area contributed by atoms with Gasteiger partial charge in [-0.25, -0.2) is 0 Å². The van der Waals surface area contributed by atoms with Crippen molar-refractivity contribution in [3.05, 3.63) is 58.6 Å². The highest BCUT2D eigenvalue weighted by molar-refractivity contribution is 7.98. The maximum absolute atomic E-state index is 6.12. The zero-order chi connectivity index (χ0) is 14.5. The monoisotopic (exact) mass is 323 g/mol. The van der Waals surface area contributed by atoms with Gasteiger partial charge in [-0.2, -0.15) is 0 Å². The van der Waals surface area contributed by atoms with Crippen molar-refractivity contribution in [3.8, 4) is 5.75 Å². The molecule has 0 spiro atoms. The molecule has 5 heteroatoms. The maximum atomic E-state index is 6.12. The highest BCUT2D eigenvalue weighted by Crippen LogP contribution is 2.29. The molecule has 0 amide bonds. The summed E-state index contributed by atoms with van der Waals surface area (Å²) < 4.78 is 5.84. The Labute approximate surface area is 133 Å². The molecule has 20 heavy (non-hydrogen) atoms. The number of halogens is 1. The first-order chi connectivity index (χ1) is 9.63. The Hall–Kier alpha value is -1.23. The number of thiocarbonyl (C=S) groups is 1. The van der Waals surface area contributed by atoms with E-state index in [2.05, 4.69) is 0 Å². The molecule has 0 fully saturated rings. The van der Waals surface area contributed by atoms with Crippen LogP contribution in [-0.2, 0) is 6.61 Å².